The molecule has 0 saturated carbocycles. The van der Waals surface area contributed by atoms with Crippen LogP contribution in [-0.2, 0) is 11.8 Å². The molecule has 130 valence electrons. The van der Waals surface area contributed by atoms with E-state index in [2.05, 4.69) is 15.4 Å². The third-order valence-corrected chi connectivity index (χ3v) is 4.87. The van der Waals surface area contributed by atoms with E-state index >= 15 is 0 Å². The molecule has 1 N–H and O–H groups in total. The van der Waals surface area contributed by atoms with Crippen LogP contribution in [0.1, 0.15) is 38.2 Å². The molecule has 0 saturated heterocycles. The van der Waals surface area contributed by atoms with Crippen molar-refractivity contribution in [2.75, 3.05) is 11.9 Å². The van der Waals surface area contributed by atoms with E-state index in [4.69, 9.17) is 4.74 Å². The number of amides is 1. The highest BCUT2D eigenvalue weighted by atomic mass is 32.1. The first kappa shape index (κ1) is 17.1. The summed E-state index contributed by atoms with van der Waals surface area (Å²) in [5.74, 6) is -0.658. The van der Waals surface area contributed by atoms with Crippen LogP contribution in [0.15, 0.2) is 18.3 Å². The van der Waals surface area contributed by atoms with Gasteiger partial charge in [-0.3, -0.25) is 9.48 Å². The summed E-state index contributed by atoms with van der Waals surface area (Å²) in [5, 5.41) is 8.54. The van der Waals surface area contributed by atoms with Crippen molar-refractivity contribution < 1.29 is 14.3 Å². The predicted molar refractivity (Wildman–Crippen MR) is 96.2 cm³/mol. The number of pyridine rings is 1. The number of ether oxygens (including phenoxy) is 1. The van der Waals surface area contributed by atoms with E-state index in [0.29, 0.717) is 22.0 Å². The minimum absolute atomic E-state index is 0.283. The van der Waals surface area contributed by atoms with Gasteiger partial charge in [0, 0.05) is 18.6 Å². The molecule has 0 spiro atoms. The van der Waals surface area contributed by atoms with Gasteiger partial charge in [0.2, 0.25) is 0 Å². The predicted octanol–water partition coefficient (Wildman–Crippen LogP) is 3.08. The van der Waals surface area contributed by atoms with Crippen molar-refractivity contribution in [3.63, 3.8) is 0 Å². The average Bonchev–Trinajstić information content (AvgIpc) is 3.07. The Labute approximate surface area is 148 Å². The summed E-state index contributed by atoms with van der Waals surface area (Å²) in [6.07, 6.45) is 1.52. The fourth-order valence-electron chi connectivity index (χ4n) is 2.56. The Hall–Kier alpha value is -2.74. The van der Waals surface area contributed by atoms with E-state index in [9.17, 15) is 9.59 Å². The number of aromatic nitrogens is 3. The van der Waals surface area contributed by atoms with E-state index in [1.165, 1.54) is 17.5 Å². The molecule has 0 aliphatic carbocycles. The normalized spacial score (nSPS) is 10.9. The van der Waals surface area contributed by atoms with Gasteiger partial charge in [0.05, 0.1) is 22.9 Å². The number of aryl methyl sites for hydroxylation is 3. The van der Waals surface area contributed by atoms with Crippen LogP contribution in [-0.4, -0.2) is 33.2 Å². The smallest absolute Gasteiger partial charge is 0.348 e. The van der Waals surface area contributed by atoms with E-state index in [-0.39, 0.29) is 11.9 Å². The number of anilines is 1. The Morgan fingerprint density at radius 1 is 1.32 bits per heavy atom. The monoisotopic (exact) mass is 358 g/mol. The van der Waals surface area contributed by atoms with Crippen molar-refractivity contribution in [2.24, 2.45) is 7.05 Å². The molecule has 0 radical (unpaired) electrons. The molecule has 0 bridgehead atoms. The number of esters is 1. The maximum Gasteiger partial charge on any atom is 0.348 e. The molecule has 7 nitrogen and oxygen atoms in total. The molecule has 3 heterocycles. The van der Waals surface area contributed by atoms with Crippen molar-refractivity contribution >= 4 is 39.2 Å². The molecule has 3 aromatic rings. The molecule has 0 atom stereocenters. The maximum absolute atomic E-state index is 12.5. The van der Waals surface area contributed by atoms with E-state index in [1.54, 1.807) is 23.7 Å². The molecule has 0 aliphatic heterocycles. The zero-order valence-electron chi connectivity index (χ0n) is 14.4. The molecule has 3 rings (SSSR count). The zero-order chi connectivity index (χ0) is 18.1. The van der Waals surface area contributed by atoms with E-state index < -0.39 is 0 Å². The number of hydrogen-bond acceptors (Lipinski definition) is 6. The van der Waals surface area contributed by atoms with Crippen molar-refractivity contribution in [1.82, 2.24) is 14.8 Å². The Morgan fingerprint density at radius 2 is 2.08 bits per heavy atom. The van der Waals surface area contributed by atoms with Crippen molar-refractivity contribution in [2.45, 2.75) is 20.8 Å². The molecule has 0 fully saturated rings. The first-order valence-corrected chi connectivity index (χ1v) is 8.60. The van der Waals surface area contributed by atoms with Gasteiger partial charge in [-0.05, 0) is 38.5 Å². The minimum Gasteiger partial charge on any atom is -0.462 e. The summed E-state index contributed by atoms with van der Waals surface area (Å²) in [4.78, 5) is 29.2. The number of carbonyl (C=O) groups is 2. The summed E-state index contributed by atoms with van der Waals surface area (Å²) in [5.41, 5.74) is 2.75. The van der Waals surface area contributed by atoms with Crippen LogP contribution in [0.3, 0.4) is 0 Å². The summed E-state index contributed by atoms with van der Waals surface area (Å²) in [7, 11) is 1.81. The van der Waals surface area contributed by atoms with Gasteiger partial charge in [-0.15, -0.1) is 11.3 Å². The van der Waals surface area contributed by atoms with E-state index in [0.717, 1.165) is 22.3 Å². The highest BCUT2D eigenvalue weighted by Gasteiger charge is 2.17. The Morgan fingerprint density at radius 3 is 2.80 bits per heavy atom. The van der Waals surface area contributed by atoms with Crippen LogP contribution in [0, 0.1) is 13.8 Å². The van der Waals surface area contributed by atoms with Crippen molar-refractivity contribution in [3.8, 4) is 0 Å². The second-order valence-electron chi connectivity index (χ2n) is 5.60. The SMILES string of the molecule is CCOC(=O)c1sc(NC(=O)c2cnc3c(c2)c(C)nn3C)cc1C. The largest absolute Gasteiger partial charge is 0.462 e. The lowest BCUT2D eigenvalue weighted by Gasteiger charge is -2.03. The number of nitrogens with one attached hydrogen (secondary N) is 1. The van der Waals surface area contributed by atoms with Crippen molar-refractivity contribution in [1.29, 1.82) is 0 Å². The van der Waals surface area contributed by atoms with Gasteiger partial charge >= 0.3 is 5.97 Å². The number of nitrogens with zero attached hydrogens (tertiary/aromatic N) is 3. The molecule has 3 aromatic heterocycles. The average molecular weight is 358 g/mol. The zero-order valence-corrected chi connectivity index (χ0v) is 15.2. The van der Waals surface area contributed by atoms with Gasteiger partial charge in [0.25, 0.3) is 5.91 Å². The van der Waals surface area contributed by atoms with Crippen LogP contribution in [0.25, 0.3) is 11.0 Å². The number of fused-ring (bicyclic) bond motifs is 1. The summed E-state index contributed by atoms with van der Waals surface area (Å²) >= 11 is 1.20. The standard InChI is InChI=1S/C17H18N4O3S/c1-5-24-17(23)14-9(2)6-13(25-14)19-16(22)11-7-12-10(3)20-21(4)15(12)18-8-11/h6-8H,5H2,1-4H3,(H,19,22). The summed E-state index contributed by atoms with van der Waals surface area (Å²) in [6, 6.07) is 3.53. The van der Waals surface area contributed by atoms with Gasteiger partial charge in [-0.1, -0.05) is 0 Å². The topological polar surface area (TPSA) is 86.1 Å². The van der Waals surface area contributed by atoms with Crippen LogP contribution in [0.2, 0.25) is 0 Å². The van der Waals surface area contributed by atoms with Crippen LogP contribution >= 0.6 is 11.3 Å². The lowest BCUT2D eigenvalue weighted by atomic mass is 10.2. The molecule has 25 heavy (non-hydrogen) atoms. The summed E-state index contributed by atoms with van der Waals surface area (Å²) < 4.78 is 6.70. The molecule has 8 heteroatoms. The molecule has 1 amide bonds. The fourth-order valence-corrected chi connectivity index (χ4v) is 3.52. The second kappa shape index (κ2) is 6.64. The highest BCUT2D eigenvalue weighted by Crippen LogP contribution is 2.28. The van der Waals surface area contributed by atoms with Crippen molar-refractivity contribution in [3.05, 3.63) is 40.0 Å². The van der Waals surface area contributed by atoms with Gasteiger partial charge in [-0.2, -0.15) is 5.10 Å². The van der Waals surface area contributed by atoms with Crippen LogP contribution < -0.4 is 5.32 Å². The number of thiophene rings is 1. The number of hydrogen-bond donors (Lipinski definition) is 1. The van der Waals surface area contributed by atoms with Crippen LogP contribution in [0.4, 0.5) is 5.00 Å². The Bertz CT molecular complexity index is 974. The van der Waals surface area contributed by atoms with Gasteiger partial charge < -0.3 is 10.1 Å². The molecular weight excluding hydrogens is 340 g/mol. The minimum atomic E-state index is -0.375. The highest BCUT2D eigenvalue weighted by molar-refractivity contribution is 7.18. The maximum atomic E-state index is 12.5. The number of carbonyl (C=O) groups excluding carboxylic acids is 2. The Balaban J connectivity index is 1.84. The quantitative estimate of drug-likeness (QED) is 0.724. The number of rotatable bonds is 4. The first-order chi connectivity index (χ1) is 11.9. The van der Waals surface area contributed by atoms with Gasteiger partial charge in [0.1, 0.15) is 4.88 Å². The fraction of sp³-hybridized carbons (Fsp3) is 0.294. The van der Waals surface area contributed by atoms with Gasteiger partial charge in [-0.25, -0.2) is 9.78 Å². The molecule has 0 aromatic carbocycles. The first-order valence-electron chi connectivity index (χ1n) is 7.79. The van der Waals surface area contributed by atoms with Gasteiger partial charge in [0.15, 0.2) is 5.65 Å². The third kappa shape index (κ3) is 3.25. The van der Waals surface area contributed by atoms with E-state index in [1.807, 2.05) is 20.9 Å². The Kier molecular flexibility index (Phi) is 4.54. The molecule has 0 aliphatic rings. The second-order valence-corrected chi connectivity index (χ2v) is 6.65. The van der Waals surface area contributed by atoms with Crippen LogP contribution in [0.5, 0.6) is 0 Å². The lowest BCUT2D eigenvalue weighted by molar-refractivity contribution is 0.0531. The summed E-state index contributed by atoms with van der Waals surface area (Å²) in [6.45, 7) is 5.76. The molecule has 0 unspecified atom stereocenters. The lowest BCUT2D eigenvalue weighted by Crippen LogP contribution is -2.11. The third-order valence-electron chi connectivity index (χ3n) is 3.74. The molecular formula is C17H18N4O3S.